The van der Waals surface area contributed by atoms with Crippen molar-refractivity contribution in [1.82, 2.24) is 0 Å². The van der Waals surface area contributed by atoms with E-state index in [9.17, 15) is 0 Å². The number of hydrogen-bond acceptors (Lipinski definition) is 1. The molecule has 1 atom stereocenters. The van der Waals surface area contributed by atoms with Gasteiger partial charge in [-0.3, -0.25) is 0 Å². The fourth-order valence-electron chi connectivity index (χ4n) is 2.03. The van der Waals surface area contributed by atoms with E-state index in [0.717, 1.165) is 11.1 Å². The second kappa shape index (κ2) is 4.34. The highest BCUT2D eigenvalue weighted by Gasteiger charge is 2.23. The van der Waals surface area contributed by atoms with Crippen LogP contribution in [0.4, 0.5) is 0 Å². The molecule has 2 N–H and O–H groups in total. The van der Waals surface area contributed by atoms with E-state index in [2.05, 4.69) is 69.3 Å². The highest BCUT2D eigenvalue weighted by molar-refractivity contribution is 5.39. The van der Waals surface area contributed by atoms with Crippen LogP contribution in [0.15, 0.2) is 48.5 Å². The molecule has 0 aromatic heterocycles. The van der Waals surface area contributed by atoms with Crippen LogP contribution in [0.1, 0.15) is 29.2 Å². The van der Waals surface area contributed by atoms with Gasteiger partial charge in [0.25, 0.3) is 0 Å². The number of benzene rings is 2. The van der Waals surface area contributed by atoms with E-state index < -0.39 is 5.54 Å². The van der Waals surface area contributed by atoms with Crippen LogP contribution >= 0.6 is 0 Å². The normalized spacial score (nSPS) is 14.4. The van der Waals surface area contributed by atoms with Gasteiger partial charge in [0.1, 0.15) is 0 Å². The molecule has 1 heteroatoms. The third kappa shape index (κ3) is 2.40. The quantitative estimate of drug-likeness (QED) is 0.831. The number of aryl methyl sites for hydroxylation is 2. The molecule has 0 heterocycles. The minimum absolute atomic E-state index is 0.431. The summed E-state index contributed by atoms with van der Waals surface area (Å²) in [6, 6.07) is 16.8. The van der Waals surface area contributed by atoms with Crippen molar-refractivity contribution in [2.24, 2.45) is 5.73 Å². The van der Waals surface area contributed by atoms with Gasteiger partial charge in [-0.1, -0.05) is 59.7 Å². The molecule has 0 saturated heterocycles. The Hall–Kier alpha value is -1.60. The zero-order valence-electron chi connectivity index (χ0n) is 10.7. The molecule has 0 bridgehead atoms. The molecule has 0 amide bonds. The van der Waals surface area contributed by atoms with Crippen molar-refractivity contribution in [3.05, 3.63) is 70.8 Å². The van der Waals surface area contributed by atoms with E-state index >= 15 is 0 Å². The molecule has 0 aliphatic rings. The smallest absolute Gasteiger partial charge is 0.0637 e. The van der Waals surface area contributed by atoms with Crippen molar-refractivity contribution >= 4 is 0 Å². The second-order valence-corrected chi connectivity index (χ2v) is 4.94. The van der Waals surface area contributed by atoms with Gasteiger partial charge in [-0.05, 0) is 31.9 Å². The van der Waals surface area contributed by atoms with Gasteiger partial charge >= 0.3 is 0 Å². The Morgan fingerprint density at radius 1 is 0.824 bits per heavy atom. The summed E-state index contributed by atoms with van der Waals surface area (Å²) in [5.74, 6) is 0. The number of hydrogen-bond donors (Lipinski definition) is 1. The predicted octanol–water partition coefficient (Wildman–Crippen LogP) is 3.53. The van der Waals surface area contributed by atoms with Gasteiger partial charge in [0.2, 0.25) is 0 Å². The summed E-state index contributed by atoms with van der Waals surface area (Å²) in [6.07, 6.45) is 0. The summed E-state index contributed by atoms with van der Waals surface area (Å²) in [5, 5.41) is 0. The maximum Gasteiger partial charge on any atom is 0.0637 e. The van der Waals surface area contributed by atoms with Gasteiger partial charge < -0.3 is 5.73 Å². The van der Waals surface area contributed by atoms with Crippen LogP contribution in [0, 0.1) is 13.8 Å². The Balaban J connectivity index is 2.45. The monoisotopic (exact) mass is 225 g/mol. The van der Waals surface area contributed by atoms with Crippen molar-refractivity contribution < 1.29 is 0 Å². The average Bonchev–Trinajstić information content (AvgIpc) is 2.29. The Kier molecular flexibility index (Phi) is 3.03. The molecule has 1 unspecified atom stereocenters. The SMILES string of the molecule is Cc1ccc(C(C)(N)c2cccc(C)c2)cc1. The summed E-state index contributed by atoms with van der Waals surface area (Å²) in [4.78, 5) is 0. The van der Waals surface area contributed by atoms with E-state index in [1.807, 2.05) is 0 Å². The molecule has 0 fully saturated rings. The van der Waals surface area contributed by atoms with E-state index in [0.29, 0.717) is 0 Å². The Morgan fingerprint density at radius 3 is 2.06 bits per heavy atom. The van der Waals surface area contributed by atoms with Crippen LogP contribution in [-0.2, 0) is 5.54 Å². The minimum atomic E-state index is -0.431. The van der Waals surface area contributed by atoms with Crippen molar-refractivity contribution in [3.8, 4) is 0 Å². The third-order valence-electron chi connectivity index (χ3n) is 3.27. The first-order chi connectivity index (χ1) is 8.00. The Morgan fingerprint density at radius 2 is 1.47 bits per heavy atom. The zero-order valence-corrected chi connectivity index (χ0v) is 10.7. The summed E-state index contributed by atoms with van der Waals surface area (Å²) in [5.41, 5.74) is 10.8. The van der Waals surface area contributed by atoms with E-state index in [1.54, 1.807) is 0 Å². The van der Waals surface area contributed by atoms with Crippen molar-refractivity contribution in [2.45, 2.75) is 26.3 Å². The maximum atomic E-state index is 6.48. The molecule has 17 heavy (non-hydrogen) atoms. The predicted molar refractivity (Wildman–Crippen MR) is 73.0 cm³/mol. The summed E-state index contributed by atoms with van der Waals surface area (Å²) < 4.78 is 0. The summed E-state index contributed by atoms with van der Waals surface area (Å²) in [7, 11) is 0. The van der Waals surface area contributed by atoms with Crippen LogP contribution in [0.5, 0.6) is 0 Å². The van der Waals surface area contributed by atoms with Gasteiger partial charge in [0.05, 0.1) is 5.54 Å². The van der Waals surface area contributed by atoms with Crippen LogP contribution in [0.3, 0.4) is 0 Å². The fraction of sp³-hybridized carbons (Fsp3) is 0.250. The Bertz CT molecular complexity index is 509. The number of rotatable bonds is 2. The van der Waals surface area contributed by atoms with Gasteiger partial charge in [-0.2, -0.15) is 0 Å². The van der Waals surface area contributed by atoms with Gasteiger partial charge in [-0.25, -0.2) is 0 Å². The van der Waals surface area contributed by atoms with Crippen molar-refractivity contribution in [2.75, 3.05) is 0 Å². The highest BCUT2D eigenvalue weighted by atomic mass is 14.7. The molecule has 2 aromatic rings. The standard InChI is InChI=1S/C16H19N/c1-12-7-9-14(10-8-12)16(3,17)15-6-4-5-13(2)11-15/h4-11H,17H2,1-3H3. The molecule has 0 aliphatic heterocycles. The largest absolute Gasteiger partial charge is 0.318 e. The first kappa shape index (κ1) is 11.9. The molecule has 0 saturated carbocycles. The first-order valence-electron chi connectivity index (χ1n) is 5.93. The van der Waals surface area contributed by atoms with E-state index in [4.69, 9.17) is 5.73 Å². The third-order valence-corrected chi connectivity index (χ3v) is 3.27. The lowest BCUT2D eigenvalue weighted by Crippen LogP contribution is -2.34. The van der Waals surface area contributed by atoms with Crippen LogP contribution in [0.2, 0.25) is 0 Å². The van der Waals surface area contributed by atoms with Gasteiger partial charge in [0.15, 0.2) is 0 Å². The number of nitrogens with two attached hydrogens (primary N) is 1. The molecule has 0 radical (unpaired) electrons. The van der Waals surface area contributed by atoms with Crippen LogP contribution < -0.4 is 5.73 Å². The maximum absolute atomic E-state index is 6.48. The zero-order chi connectivity index (χ0) is 12.5. The average molecular weight is 225 g/mol. The lowest BCUT2D eigenvalue weighted by atomic mass is 9.85. The first-order valence-corrected chi connectivity index (χ1v) is 5.93. The molecule has 0 aliphatic carbocycles. The van der Waals surface area contributed by atoms with Crippen LogP contribution in [0.25, 0.3) is 0 Å². The van der Waals surface area contributed by atoms with E-state index in [1.165, 1.54) is 11.1 Å². The molecular weight excluding hydrogens is 206 g/mol. The fourth-order valence-corrected chi connectivity index (χ4v) is 2.03. The van der Waals surface area contributed by atoms with Gasteiger partial charge in [-0.15, -0.1) is 0 Å². The Labute approximate surface area is 103 Å². The van der Waals surface area contributed by atoms with Gasteiger partial charge in [0, 0.05) is 0 Å². The topological polar surface area (TPSA) is 26.0 Å². The highest BCUT2D eigenvalue weighted by Crippen LogP contribution is 2.27. The van der Waals surface area contributed by atoms with Crippen molar-refractivity contribution in [1.29, 1.82) is 0 Å². The van der Waals surface area contributed by atoms with Crippen molar-refractivity contribution in [3.63, 3.8) is 0 Å². The summed E-state index contributed by atoms with van der Waals surface area (Å²) in [6.45, 7) is 6.24. The molecule has 2 rings (SSSR count). The molecule has 2 aromatic carbocycles. The molecule has 1 nitrogen and oxygen atoms in total. The van der Waals surface area contributed by atoms with E-state index in [-0.39, 0.29) is 0 Å². The lowest BCUT2D eigenvalue weighted by molar-refractivity contribution is 0.602. The molecule has 0 spiro atoms. The lowest BCUT2D eigenvalue weighted by Gasteiger charge is -2.26. The molecule has 88 valence electrons. The van der Waals surface area contributed by atoms with Crippen LogP contribution in [-0.4, -0.2) is 0 Å². The minimum Gasteiger partial charge on any atom is -0.318 e. The second-order valence-electron chi connectivity index (χ2n) is 4.94. The summed E-state index contributed by atoms with van der Waals surface area (Å²) >= 11 is 0. The molecular formula is C16H19N.